The molecule has 0 fully saturated rings. The number of carbonyl (C=O) groups excluding carboxylic acids is 1. The zero-order valence-corrected chi connectivity index (χ0v) is 14.4. The topological polar surface area (TPSA) is 64.4 Å². The first-order chi connectivity index (χ1) is 13.1. The van der Waals surface area contributed by atoms with Gasteiger partial charge in [-0.1, -0.05) is 5.16 Å². The monoisotopic (exact) mass is 362 g/mol. The Labute approximate surface area is 154 Å². The van der Waals surface area contributed by atoms with E-state index >= 15 is 0 Å². The van der Waals surface area contributed by atoms with Crippen LogP contribution in [0.1, 0.15) is 10.4 Å². The number of nitrogens with one attached hydrogen (secondary N) is 1. The number of hydrogen-bond acceptors (Lipinski definition) is 4. The molecule has 1 amide bonds. The van der Waals surface area contributed by atoms with Crippen molar-refractivity contribution in [3.63, 3.8) is 0 Å². The third-order valence-electron chi connectivity index (χ3n) is 4.19. The van der Waals surface area contributed by atoms with Crippen molar-refractivity contribution in [3.8, 4) is 17.1 Å². The predicted octanol–water partition coefficient (Wildman–Crippen LogP) is 4.89. The Morgan fingerprint density at radius 2 is 1.78 bits per heavy atom. The highest BCUT2D eigenvalue weighted by atomic mass is 19.1. The summed E-state index contributed by atoms with van der Waals surface area (Å²) in [4.78, 5) is 12.6. The number of benzene rings is 3. The summed E-state index contributed by atoms with van der Waals surface area (Å²) in [7, 11) is 1.58. The summed E-state index contributed by atoms with van der Waals surface area (Å²) in [6.45, 7) is 0. The van der Waals surface area contributed by atoms with Gasteiger partial charge in [0.05, 0.1) is 12.5 Å². The SMILES string of the molecule is COc1ccc(NC(=O)c2ccc3noc(-c4ccc(F)cc4)c3c2)cc1. The number of nitrogens with zero attached hydrogens (tertiary/aromatic N) is 1. The molecule has 0 unspecified atom stereocenters. The minimum atomic E-state index is -0.331. The van der Waals surface area contributed by atoms with E-state index in [1.54, 1.807) is 61.7 Å². The Balaban J connectivity index is 1.64. The van der Waals surface area contributed by atoms with Crippen LogP contribution < -0.4 is 10.1 Å². The number of aromatic nitrogens is 1. The predicted molar refractivity (Wildman–Crippen MR) is 100 cm³/mol. The highest BCUT2D eigenvalue weighted by molar-refractivity contribution is 6.07. The maximum absolute atomic E-state index is 13.2. The van der Waals surface area contributed by atoms with Crippen molar-refractivity contribution < 1.29 is 18.4 Å². The molecule has 6 heteroatoms. The van der Waals surface area contributed by atoms with Gasteiger partial charge in [0, 0.05) is 16.8 Å². The number of ether oxygens (including phenoxy) is 1. The Hall–Kier alpha value is -3.67. The van der Waals surface area contributed by atoms with E-state index < -0.39 is 0 Å². The van der Waals surface area contributed by atoms with Gasteiger partial charge < -0.3 is 14.6 Å². The normalized spacial score (nSPS) is 10.7. The van der Waals surface area contributed by atoms with E-state index in [-0.39, 0.29) is 11.7 Å². The average molecular weight is 362 g/mol. The third kappa shape index (κ3) is 3.37. The molecule has 0 spiro atoms. The molecule has 5 nitrogen and oxygen atoms in total. The summed E-state index contributed by atoms with van der Waals surface area (Å²) < 4.78 is 23.7. The van der Waals surface area contributed by atoms with Crippen molar-refractivity contribution in [1.29, 1.82) is 0 Å². The highest BCUT2D eigenvalue weighted by Crippen LogP contribution is 2.29. The van der Waals surface area contributed by atoms with E-state index in [2.05, 4.69) is 10.5 Å². The number of halogens is 1. The molecule has 0 aliphatic carbocycles. The highest BCUT2D eigenvalue weighted by Gasteiger charge is 2.14. The van der Waals surface area contributed by atoms with E-state index in [4.69, 9.17) is 9.26 Å². The quantitative estimate of drug-likeness (QED) is 0.561. The van der Waals surface area contributed by atoms with E-state index in [0.717, 1.165) is 0 Å². The zero-order valence-electron chi connectivity index (χ0n) is 14.4. The van der Waals surface area contributed by atoms with Crippen LogP contribution in [0, 0.1) is 5.82 Å². The standard InChI is InChI=1S/C21H15FN2O3/c1-26-17-9-7-16(8-10-17)23-21(25)14-4-11-19-18(12-14)20(27-24-19)13-2-5-15(22)6-3-13/h2-12H,1H3,(H,23,25). The fourth-order valence-electron chi connectivity index (χ4n) is 2.77. The van der Waals surface area contributed by atoms with Crippen molar-refractivity contribution in [3.05, 3.63) is 78.1 Å². The smallest absolute Gasteiger partial charge is 0.255 e. The van der Waals surface area contributed by atoms with Crippen molar-refractivity contribution >= 4 is 22.5 Å². The van der Waals surface area contributed by atoms with Crippen molar-refractivity contribution in [1.82, 2.24) is 5.16 Å². The number of amides is 1. The molecule has 1 heterocycles. The number of fused-ring (bicyclic) bond motifs is 1. The lowest BCUT2D eigenvalue weighted by Gasteiger charge is -2.06. The first kappa shape index (κ1) is 16.8. The van der Waals surface area contributed by atoms with Crippen LogP contribution in [0.25, 0.3) is 22.2 Å². The molecule has 1 aromatic heterocycles. The Kier molecular flexibility index (Phi) is 4.30. The second-order valence-electron chi connectivity index (χ2n) is 5.93. The molecule has 0 bridgehead atoms. The lowest BCUT2D eigenvalue weighted by molar-refractivity contribution is 0.102. The molecule has 1 N–H and O–H groups in total. The molecule has 4 aromatic rings. The number of anilines is 1. The van der Waals surface area contributed by atoms with Crippen molar-refractivity contribution in [2.45, 2.75) is 0 Å². The van der Waals surface area contributed by atoms with Gasteiger partial charge in [0.2, 0.25) is 0 Å². The minimum Gasteiger partial charge on any atom is -0.497 e. The molecule has 0 aliphatic heterocycles. The van der Waals surface area contributed by atoms with Gasteiger partial charge in [-0.3, -0.25) is 4.79 Å². The summed E-state index contributed by atoms with van der Waals surface area (Å²) in [5, 5.41) is 7.53. The molecule has 0 atom stereocenters. The van der Waals surface area contributed by atoms with Gasteiger partial charge in [-0.05, 0) is 66.7 Å². The van der Waals surface area contributed by atoms with Crippen LogP contribution in [0.5, 0.6) is 5.75 Å². The van der Waals surface area contributed by atoms with E-state index in [9.17, 15) is 9.18 Å². The van der Waals surface area contributed by atoms with Crippen LogP contribution in [0.4, 0.5) is 10.1 Å². The van der Waals surface area contributed by atoms with Crippen LogP contribution in [0.3, 0.4) is 0 Å². The fraction of sp³-hybridized carbons (Fsp3) is 0.0476. The van der Waals surface area contributed by atoms with Crippen molar-refractivity contribution in [2.24, 2.45) is 0 Å². The summed E-state index contributed by atoms with van der Waals surface area (Å²) in [5.74, 6) is 0.613. The molecule has 0 saturated carbocycles. The minimum absolute atomic E-state index is 0.256. The van der Waals surface area contributed by atoms with Crippen LogP contribution in [0.2, 0.25) is 0 Å². The van der Waals surface area contributed by atoms with Gasteiger partial charge in [-0.25, -0.2) is 4.39 Å². The third-order valence-corrected chi connectivity index (χ3v) is 4.19. The van der Waals surface area contributed by atoms with Gasteiger partial charge in [0.15, 0.2) is 5.76 Å². The molecule has 27 heavy (non-hydrogen) atoms. The Bertz CT molecular complexity index is 1100. The molecule has 0 aliphatic rings. The van der Waals surface area contributed by atoms with Crippen LogP contribution in [0.15, 0.2) is 71.3 Å². The number of methoxy groups -OCH3 is 1. The summed E-state index contributed by atoms with van der Waals surface area (Å²) >= 11 is 0. The summed E-state index contributed by atoms with van der Waals surface area (Å²) in [6.07, 6.45) is 0. The van der Waals surface area contributed by atoms with Gasteiger partial charge in [0.25, 0.3) is 5.91 Å². The summed E-state index contributed by atoms with van der Waals surface area (Å²) in [6, 6.07) is 18.1. The second kappa shape index (κ2) is 6.92. The molecule has 3 aromatic carbocycles. The first-order valence-electron chi connectivity index (χ1n) is 8.25. The van der Waals surface area contributed by atoms with Crippen LogP contribution >= 0.6 is 0 Å². The number of hydrogen-bond donors (Lipinski definition) is 1. The summed E-state index contributed by atoms with van der Waals surface area (Å²) in [5.41, 5.74) is 2.43. The largest absolute Gasteiger partial charge is 0.497 e. The van der Waals surface area contributed by atoms with Gasteiger partial charge in [0.1, 0.15) is 17.1 Å². The fourth-order valence-corrected chi connectivity index (χ4v) is 2.77. The zero-order chi connectivity index (χ0) is 18.8. The van der Waals surface area contributed by atoms with E-state index in [0.29, 0.717) is 39.2 Å². The average Bonchev–Trinajstić information content (AvgIpc) is 3.12. The lowest BCUT2D eigenvalue weighted by Crippen LogP contribution is -2.11. The molecule has 0 radical (unpaired) electrons. The molecule has 134 valence electrons. The molecule has 4 rings (SSSR count). The van der Waals surface area contributed by atoms with Crippen LogP contribution in [-0.2, 0) is 0 Å². The number of rotatable bonds is 4. The van der Waals surface area contributed by atoms with E-state index in [1.807, 2.05) is 0 Å². The molecule has 0 saturated heterocycles. The Morgan fingerprint density at radius 1 is 1.04 bits per heavy atom. The molecular weight excluding hydrogens is 347 g/mol. The van der Waals surface area contributed by atoms with Crippen LogP contribution in [-0.4, -0.2) is 18.2 Å². The Morgan fingerprint density at radius 3 is 2.48 bits per heavy atom. The van der Waals surface area contributed by atoms with Gasteiger partial charge in [-0.15, -0.1) is 0 Å². The lowest BCUT2D eigenvalue weighted by atomic mass is 10.1. The maximum Gasteiger partial charge on any atom is 0.255 e. The molecular formula is C21H15FN2O3. The number of carbonyl (C=O) groups is 1. The van der Waals surface area contributed by atoms with E-state index in [1.165, 1.54) is 12.1 Å². The van der Waals surface area contributed by atoms with Crippen molar-refractivity contribution in [2.75, 3.05) is 12.4 Å². The van der Waals surface area contributed by atoms with Gasteiger partial charge in [-0.2, -0.15) is 0 Å². The van der Waals surface area contributed by atoms with Gasteiger partial charge >= 0.3 is 0 Å². The first-order valence-corrected chi connectivity index (χ1v) is 8.25. The maximum atomic E-state index is 13.2. The second-order valence-corrected chi connectivity index (χ2v) is 5.93.